The molecule has 0 aliphatic heterocycles. The lowest BCUT2D eigenvalue weighted by molar-refractivity contribution is -0.119. The summed E-state index contributed by atoms with van der Waals surface area (Å²) in [4.78, 5) is 23.7. The third-order valence-electron chi connectivity index (χ3n) is 4.08. The number of benzene rings is 2. The molecule has 0 spiro atoms. The van der Waals surface area contributed by atoms with Gasteiger partial charge in [0.15, 0.2) is 18.1 Å². The molecule has 0 saturated carbocycles. The van der Waals surface area contributed by atoms with Crippen molar-refractivity contribution in [2.75, 3.05) is 20.8 Å². The fourth-order valence-electron chi connectivity index (χ4n) is 2.63. The zero-order valence-corrected chi connectivity index (χ0v) is 16.7. The van der Waals surface area contributed by atoms with Gasteiger partial charge in [0.25, 0.3) is 11.8 Å². The van der Waals surface area contributed by atoms with Gasteiger partial charge in [-0.1, -0.05) is 30.7 Å². The normalized spacial score (nSPS) is 11.4. The zero-order chi connectivity index (χ0) is 20.7. The van der Waals surface area contributed by atoms with E-state index in [4.69, 9.17) is 31.5 Å². The zero-order valence-electron chi connectivity index (χ0n) is 16.0. The van der Waals surface area contributed by atoms with Gasteiger partial charge < -0.3 is 25.3 Å². The molecule has 0 fully saturated rings. The minimum atomic E-state index is -0.648. The van der Waals surface area contributed by atoms with Crippen LogP contribution in [0.2, 0.25) is 5.02 Å². The highest BCUT2D eigenvalue weighted by atomic mass is 35.5. The highest BCUT2D eigenvalue weighted by molar-refractivity contribution is 6.32. The van der Waals surface area contributed by atoms with Gasteiger partial charge in [-0.05, 0) is 36.2 Å². The Morgan fingerprint density at radius 2 is 1.82 bits per heavy atom. The molecule has 0 aliphatic rings. The minimum absolute atomic E-state index is 0.142. The molecule has 2 rings (SSSR count). The fourth-order valence-corrected chi connectivity index (χ4v) is 2.90. The molecule has 0 saturated heterocycles. The van der Waals surface area contributed by atoms with Crippen LogP contribution in [-0.2, 0) is 4.79 Å². The monoisotopic (exact) mass is 406 g/mol. The van der Waals surface area contributed by atoms with E-state index in [-0.39, 0.29) is 35.1 Å². The first-order valence-corrected chi connectivity index (χ1v) is 9.00. The smallest absolute Gasteiger partial charge is 0.255 e. The van der Waals surface area contributed by atoms with E-state index in [1.54, 1.807) is 7.11 Å². The summed E-state index contributed by atoms with van der Waals surface area (Å²) < 4.78 is 15.7. The van der Waals surface area contributed by atoms with Crippen LogP contribution in [0.1, 0.15) is 35.3 Å². The van der Waals surface area contributed by atoms with Crippen LogP contribution >= 0.6 is 11.6 Å². The third kappa shape index (κ3) is 5.29. The Morgan fingerprint density at radius 1 is 1.14 bits per heavy atom. The first-order chi connectivity index (χ1) is 13.4. The van der Waals surface area contributed by atoms with Gasteiger partial charge in [0.1, 0.15) is 5.75 Å². The van der Waals surface area contributed by atoms with Crippen molar-refractivity contribution in [2.24, 2.45) is 5.73 Å². The van der Waals surface area contributed by atoms with Crippen molar-refractivity contribution in [2.45, 2.75) is 19.4 Å². The maximum Gasteiger partial charge on any atom is 0.255 e. The van der Waals surface area contributed by atoms with E-state index in [0.29, 0.717) is 12.0 Å². The number of methoxy groups -OCH3 is 2. The van der Waals surface area contributed by atoms with Crippen LogP contribution in [-0.4, -0.2) is 32.6 Å². The molecule has 0 aliphatic carbocycles. The Balaban J connectivity index is 2.21. The van der Waals surface area contributed by atoms with Crippen molar-refractivity contribution in [3.05, 3.63) is 52.5 Å². The van der Waals surface area contributed by atoms with E-state index in [2.05, 4.69) is 5.32 Å². The summed E-state index contributed by atoms with van der Waals surface area (Å²) in [5, 5.41) is 3.12. The molecule has 3 N–H and O–H groups in total. The Hall–Kier alpha value is -2.93. The van der Waals surface area contributed by atoms with E-state index in [9.17, 15) is 9.59 Å². The number of rotatable bonds is 9. The molecule has 2 aromatic rings. The molecule has 8 heteroatoms. The average Bonchev–Trinajstić information content (AvgIpc) is 2.70. The number of hydrogen-bond acceptors (Lipinski definition) is 5. The third-order valence-corrected chi connectivity index (χ3v) is 4.36. The molecule has 150 valence electrons. The van der Waals surface area contributed by atoms with Gasteiger partial charge in [-0.25, -0.2) is 0 Å². The van der Waals surface area contributed by atoms with Crippen LogP contribution in [0.4, 0.5) is 0 Å². The van der Waals surface area contributed by atoms with Crippen LogP contribution in [0.25, 0.3) is 0 Å². The molecule has 28 heavy (non-hydrogen) atoms. The maximum atomic E-state index is 12.7. The molecule has 2 amide bonds. The second-order valence-corrected chi connectivity index (χ2v) is 6.36. The topological polar surface area (TPSA) is 99.9 Å². The second-order valence-electron chi connectivity index (χ2n) is 5.95. The minimum Gasteiger partial charge on any atom is -0.497 e. The molecule has 1 unspecified atom stereocenters. The van der Waals surface area contributed by atoms with Gasteiger partial charge in [0.2, 0.25) is 0 Å². The number of nitrogens with two attached hydrogens (primary N) is 1. The number of hydrogen-bond donors (Lipinski definition) is 2. The summed E-state index contributed by atoms with van der Waals surface area (Å²) >= 11 is 6.21. The highest BCUT2D eigenvalue weighted by Gasteiger charge is 2.19. The molecule has 7 nitrogen and oxygen atoms in total. The molecule has 1 atom stereocenters. The second kappa shape index (κ2) is 9.85. The summed E-state index contributed by atoms with van der Waals surface area (Å²) in [6.07, 6.45) is 0.697. The number of amides is 2. The van der Waals surface area contributed by atoms with Gasteiger partial charge in [-0.2, -0.15) is 0 Å². The number of halogens is 1. The predicted molar refractivity (Wildman–Crippen MR) is 106 cm³/mol. The van der Waals surface area contributed by atoms with E-state index in [1.807, 2.05) is 31.2 Å². The van der Waals surface area contributed by atoms with Gasteiger partial charge >= 0.3 is 0 Å². The molecule has 2 aromatic carbocycles. The van der Waals surface area contributed by atoms with E-state index in [0.717, 1.165) is 11.3 Å². The number of ether oxygens (including phenoxy) is 3. The van der Waals surface area contributed by atoms with Gasteiger partial charge in [0.05, 0.1) is 25.3 Å². The lowest BCUT2D eigenvalue weighted by Gasteiger charge is -2.19. The van der Waals surface area contributed by atoms with Crippen molar-refractivity contribution in [1.29, 1.82) is 0 Å². The van der Waals surface area contributed by atoms with Crippen LogP contribution in [0.3, 0.4) is 0 Å². The SMILES string of the molecule is CCC(NC(=O)c1cc(Cl)c(OCC(N)=O)c(OC)c1)c1ccc(OC)cc1. The average molecular weight is 407 g/mol. The van der Waals surface area contributed by atoms with Crippen molar-refractivity contribution in [3.8, 4) is 17.2 Å². The standard InChI is InChI=1S/C20H23ClN2O5/c1-4-16(12-5-7-14(26-2)8-6-12)23-20(25)13-9-15(21)19(17(10-13)27-3)28-11-18(22)24/h5-10,16H,4,11H2,1-3H3,(H2,22,24)(H,23,25). The molecule has 0 aromatic heterocycles. The lowest BCUT2D eigenvalue weighted by atomic mass is 10.0. The van der Waals surface area contributed by atoms with E-state index >= 15 is 0 Å². The van der Waals surface area contributed by atoms with Crippen LogP contribution in [0.5, 0.6) is 17.2 Å². The fraction of sp³-hybridized carbons (Fsp3) is 0.300. The summed E-state index contributed by atoms with van der Waals surface area (Å²) in [7, 11) is 3.01. The Kier molecular flexibility index (Phi) is 7.52. The highest BCUT2D eigenvalue weighted by Crippen LogP contribution is 2.36. The van der Waals surface area contributed by atoms with Crippen molar-refractivity contribution in [1.82, 2.24) is 5.32 Å². The number of carbonyl (C=O) groups is 2. The predicted octanol–water partition coefficient (Wildman–Crippen LogP) is 3.10. The van der Waals surface area contributed by atoms with Gasteiger partial charge in [-0.15, -0.1) is 0 Å². The largest absolute Gasteiger partial charge is 0.497 e. The Morgan fingerprint density at radius 3 is 2.36 bits per heavy atom. The van der Waals surface area contributed by atoms with Crippen LogP contribution < -0.4 is 25.3 Å². The summed E-state index contributed by atoms with van der Waals surface area (Å²) in [6, 6.07) is 10.3. The quantitative estimate of drug-likeness (QED) is 0.666. The van der Waals surface area contributed by atoms with Crippen molar-refractivity contribution >= 4 is 23.4 Å². The van der Waals surface area contributed by atoms with Crippen LogP contribution in [0.15, 0.2) is 36.4 Å². The summed E-state index contributed by atoms with van der Waals surface area (Å²) in [5.74, 6) is 0.167. The number of carbonyl (C=O) groups excluding carboxylic acids is 2. The van der Waals surface area contributed by atoms with Gasteiger partial charge in [0, 0.05) is 5.56 Å². The molecule has 0 heterocycles. The number of nitrogens with one attached hydrogen (secondary N) is 1. The van der Waals surface area contributed by atoms with E-state index in [1.165, 1.54) is 19.2 Å². The molecular formula is C20H23ClN2O5. The first-order valence-electron chi connectivity index (χ1n) is 8.63. The van der Waals surface area contributed by atoms with Crippen molar-refractivity contribution < 1.29 is 23.8 Å². The maximum absolute atomic E-state index is 12.7. The van der Waals surface area contributed by atoms with E-state index < -0.39 is 5.91 Å². The number of primary amides is 1. The summed E-state index contributed by atoms with van der Waals surface area (Å²) in [5.41, 5.74) is 6.34. The van der Waals surface area contributed by atoms with Gasteiger partial charge in [-0.3, -0.25) is 9.59 Å². The molecular weight excluding hydrogens is 384 g/mol. The van der Waals surface area contributed by atoms with Crippen molar-refractivity contribution in [3.63, 3.8) is 0 Å². The molecule has 0 bridgehead atoms. The van der Waals surface area contributed by atoms with Crippen LogP contribution in [0, 0.1) is 0 Å². The Bertz CT molecular complexity index is 839. The lowest BCUT2D eigenvalue weighted by Crippen LogP contribution is -2.28. The molecule has 0 radical (unpaired) electrons. The summed E-state index contributed by atoms with van der Waals surface area (Å²) in [6.45, 7) is 1.63. The Labute approximate surface area is 168 Å². The first kappa shape index (κ1) is 21.4.